The Labute approximate surface area is 117 Å². The zero-order chi connectivity index (χ0) is 13.9. The van der Waals surface area contributed by atoms with Crippen LogP contribution in [0.1, 0.15) is 32.3 Å². The van der Waals surface area contributed by atoms with Crippen molar-refractivity contribution in [1.29, 1.82) is 0 Å². The minimum absolute atomic E-state index is 0.586. The van der Waals surface area contributed by atoms with Crippen molar-refractivity contribution in [2.75, 3.05) is 26.2 Å². The minimum Gasteiger partial charge on any atom is -0.494 e. The van der Waals surface area contributed by atoms with Crippen LogP contribution in [0.15, 0.2) is 24.3 Å². The van der Waals surface area contributed by atoms with E-state index < -0.39 is 0 Å². The van der Waals surface area contributed by atoms with Crippen molar-refractivity contribution in [3.8, 4) is 5.75 Å². The van der Waals surface area contributed by atoms with Gasteiger partial charge in [0.05, 0.1) is 6.61 Å². The first-order chi connectivity index (χ1) is 9.18. The second-order valence-corrected chi connectivity index (χ2v) is 5.23. The van der Waals surface area contributed by atoms with Crippen molar-refractivity contribution in [3.63, 3.8) is 0 Å². The molecule has 19 heavy (non-hydrogen) atoms. The van der Waals surface area contributed by atoms with Crippen LogP contribution in [0.3, 0.4) is 0 Å². The van der Waals surface area contributed by atoms with Crippen LogP contribution in [-0.4, -0.2) is 32.3 Å². The van der Waals surface area contributed by atoms with E-state index in [0.717, 1.165) is 38.4 Å². The number of rotatable bonds is 10. The summed E-state index contributed by atoms with van der Waals surface area (Å²) in [4.78, 5) is 0. The highest BCUT2D eigenvalue weighted by molar-refractivity contribution is 5.27. The van der Waals surface area contributed by atoms with Gasteiger partial charge in [-0.2, -0.15) is 0 Å². The molecule has 0 radical (unpaired) electrons. The van der Waals surface area contributed by atoms with Gasteiger partial charge >= 0.3 is 0 Å². The molecule has 0 saturated carbocycles. The molecule has 0 spiro atoms. The van der Waals surface area contributed by atoms with Gasteiger partial charge in [0, 0.05) is 6.04 Å². The average molecular weight is 264 g/mol. The first-order valence-electron chi connectivity index (χ1n) is 7.32. The number of nitrogens with one attached hydrogen (secondary N) is 2. The molecule has 0 bridgehead atoms. The van der Waals surface area contributed by atoms with Gasteiger partial charge in [0.15, 0.2) is 0 Å². The maximum atomic E-state index is 5.69. The number of aryl methyl sites for hydroxylation is 1. The molecule has 2 N–H and O–H groups in total. The Bertz CT molecular complexity index is 339. The highest BCUT2D eigenvalue weighted by Crippen LogP contribution is 2.12. The van der Waals surface area contributed by atoms with Gasteiger partial charge in [-0.1, -0.05) is 26.0 Å². The quantitative estimate of drug-likeness (QED) is 0.638. The van der Waals surface area contributed by atoms with E-state index in [4.69, 9.17) is 4.74 Å². The van der Waals surface area contributed by atoms with Crippen LogP contribution in [0, 0.1) is 6.92 Å². The van der Waals surface area contributed by atoms with Crippen molar-refractivity contribution in [3.05, 3.63) is 29.8 Å². The third kappa shape index (κ3) is 8.62. The third-order valence-electron chi connectivity index (χ3n) is 2.84. The fourth-order valence-electron chi connectivity index (χ4n) is 1.82. The highest BCUT2D eigenvalue weighted by Gasteiger charge is 1.95. The topological polar surface area (TPSA) is 33.3 Å². The molecule has 0 aliphatic heterocycles. The van der Waals surface area contributed by atoms with Crippen LogP contribution < -0.4 is 15.4 Å². The summed E-state index contributed by atoms with van der Waals surface area (Å²) >= 11 is 0. The lowest BCUT2D eigenvalue weighted by Crippen LogP contribution is -2.27. The first kappa shape index (κ1) is 16.0. The summed E-state index contributed by atoms with van der Waals surface area (Å²) < 4.78 is 5.69. The standard InChI is InChI=1S/C16H28N2O/c1-14(2)18-11-5-9-17-10-6-12-19-16-8-4-7-15(3)13-16/h4,7-8,13-14,17-18H,5-6,9-12H2,1-3H3. The minimum atomic E-state index is 0.586. The van der Waals surface area contributed by atoms with E-state index >= 15 is 0 Å². The molecule has 0 unspecified atom stereocenters. The normalized spacial score (nSPS) is 10.9. The predicted molar refractivity (Wildman–Crippen MR) is 81.9 cm³/mol. The van der Waals surface area contributed by atoms with Gasteiger partial charge in [-0.3, -0.25) is 0 Å². The maximum absolute atomic E-state index is 5.69. The van der Waals surface area contributed by atoms with Gasteiger partial charge in [0.25, 0.3) is 0 Å². The first-order valence-corrected chi connectivity index (χ1v) is 7.32. The van der Waals surface area contributed by atoms with Gasteiger partial charge < -0.3 is 15.4 Å². The van der Waals surface area contributed by atoms with E-state index in [9.17, 15) is 0 Å². The molecule has 0 fully saturated rings. The Morgan fingerprint density at radius 2 is 1.89 bits per heavy atom. The van der Waals surface area contributed by atoms with Crippen LogP contribution in [0.5, 0.6) is 5.75 Å². The molecule has 0 heterocycles. The Balaban J connectivity index is 1.91. The molecule has 1 aromatic rings. The largest absolute Gasteiger partial charge is 0.494 e. The molecule has 0 aromatic heterocycles. The van der Waals surface area contributed by atoms with E-state index in [1.54, 1.807) is 0 Å². The average Bonchev–Trinajstić information content (AvgIpc) is 2.36. The van der Waals surface area contributed by atoms with Gasteiger partial charge in [0.2, 0.25) is 0 Å². The summed E-state index contributed by atoms with van der Waals surface area (Å²) in [5.41, 5.74) is 1.24. The molecule has 0 saturated heterocycles. The summed E-state index contributed by atoms with van der Waals surface area (Å²) in [6.45, 7) is 10.4. The molecule has 3 nitrogen and oxygen atoms in total. The van der Waals surface area contributed by atoms with Crippen molar-refractivity contribution in [2.24, 2.45) is 0 Å². The zero-order valence-corrected chi connectivity index (χ0v) is 12.5. The van der Waals surface area contributed by atoms with Crippen LogP contribution >= 0.6 is 0 Å². The number of ether oxygens (including phenoxy) is 1. The number of hydrogen-bond donors (Lipinski definition) is 2. The molecular weight excluding hydrogens is 236 g/mol. The second kappa shape index (κ2) is 9.82. The van der Waals surface area contributed by atoms with Gasteiger partial charge in [-0.25, -0.2) is 0 Å². The molecular formula is C16H28N2O. The number of hydrogen-bond acceptors (Lipinski definition) is 3. The van der Waals surface area contributed by atoms with Crippen LogP contribution in [-0.2, 0) is 0 Å². The summed E-state index contributed by atoms with van der Waals surface area (Å²) in [6.07, 6.45) is 2.22. The summed E-state index contributed by atoms with van der Waals surface area (Å²) in [6, 6.07) is 8.79. The highest BCUT2D eigenvalue weighted by atomic mass is 16.5. The van der Waals surface area contributed by atoms with Crippen molar-refractivity contribution in [1.82, 2.24) is 10.6 Å². The van der Waals surface area contributed by atoms with Gasteiger partial charge in [-0.05, 0) is 57.1 Å². The lowest BCUT2D eigenvalue weighted by Gasteiger charge is -2.09. The fraction of sp³-hybridized carbons (Fsp3) is 0.625. The van der Waals surface area contributed by atoms with E-state index in [2.05, 4.69) is 43.5 Å². The molecule has 108 valence electrons. The molecule has 1 rings (SSSR count). The van der Waals surface area contributed by atoms with Crippen molar-refractivity contribution in [2.45, 2.75) is 39.7 Å². The number of benzene rings is 1. The molecule has 0 aliphatic carbocycles. The van der Waals surface area contributed by atoms with E-state index in [0.29, 0.717) is 6.04 Å². The maximum Gasteiger partial charge on any atom is 0.119 e. The van der Waals surface area contributed by atoms with Crippen LogP contribution in [0.2, 0.25) is 0 Å². The molecule has 3 heteroatoms. The summed E-state index contributed by atoms with van der Waals surface area (Å²) in [5, 5.41) is 6.85. The van der Waals surface area contributed by atoms with Gasteiger partial charge in [0.1, 0.15) is 5.75 Å². The Morgan fingerprint density at radius 3 is 2.63 bits per heavy atom. The zero-order valence-electron chi connectivity index (χ0n) is 12.5. The smallest absolute Gasteiger partial charge is 0.119 e. The van der Waals surface area contributed by atoms with Crippen molar-refractivity contribution < 1.29 is 4.74 Å². The van der Waals surface area contributed by atoms with E-state index in [1.165, 1.54) is 12.0 Å². The van der Waals surface area contributed by atoms with Gasteiger partial charge in [-0.15, -0.1) is 0 Å². The van der Waals surface area contributed by atoms with Crippen LogP contribution in [0.25, 0.3) is 0 Å². The summed E-state index contributed by atoms with van der Waals surface area (Å²) in [7, 11) is 0. The fourth-order valence-corrected chi connectivity index (χ4v) is 1.82. The molecule has 1 aromatic carbocycles. The molecule has 0 atom stereocenters. The van der Waals surface area contributed by atoms with Crippen LogP contribution in [0.4, 0.5) is 0 Å². The monoisotopic (exact) mass is 264 g/mol. The van der Waals surface area contributed by atoms with E-state index in [-0.39, 0.29) is 0 Å². The van der Waals surface area contributed by atoms with E-state index in [1.807, 2.05) is 12.1 Å². The lowest BCUT2D eigenvalue weighted by atomic mass is 10.2. The second-order valence-electron chi connectivity index (χ2n) is 5.23. The predicted octanol–water partition coefficient (Wildman–Crippen LogP) is 2.74. The Hall–Kier alpha value is -1.06. The lowest BCUT2D eigenvalue weighted by molar-refractivity contribution is 0.308. The molecule has 0 aliphatic rings. The Kier molecular flexibility index (Phi) is 8.26. The Morgan fingerprint density at radius 1 is 1.11 bits per heavy atom. The molecule has 0 amide bonds. The SMILES string of the molecule is Cc1cccc(OCCCNCCCNC(C)C)c1. The third-order valence-corrected chi connectivity index (χ3v) is 2.84. The summed E-state index contributed by atoms with van der Waals surface area (Å²) in [5.74, 6) is 0.973. The van der Waals surface area contributed by atoms with Crippen molar-refractivity contribution >= 4 is 0 Å².